The first-order valence-electron chi connectivity index (χ1n) is 7.33. The van der Waals surface area contributed by atoms with Crippen molar-refractivity contribution >= 4 is 11.6 Å². The van der Waals surface area contributed by atoms with Gasteiger partial charge in [-0.05, 0) is 39.8 Å². The molecule has 0 amide bonds. The van der Waals surface area contributed by atoms with E-state index in [1.807, 2.05) is 0 Å². The number of likely N-dealkylation sites (tertiary alicyclic amines) is 1. The normalized spacial score (nSPS) is 16.3. The predicted octanol–water partition coefficient (Wildman–Crippen LogP) is 2.11. The highest BCUT2D eigenvalue weighted by molar-refractivity contribution is 5.56. The van der Waals surface area contributed by atoms with E-state index >= 15 is 0 Å². The second-order valence-electron chi connectivity index (χ2n) is 5.06. The maximum absolute atomic E-state index is 4.32. The van der Waals surface area contributed by atoms with Crippen LogP contribution in [-0.4, -0.2) is 47.6 Å². The lowest BCUT2D eigenvalue weighted by Crippen LogP contribution is -2.33. The maximum Gasteiger partial charge on any atom is 0.134 e. The van der Waals surface area contributed by atoms with Crippen molar-refractivity contribution < 1.29 is 0 Å². The Balaban J connectivity index is 1.83. The smallest absolute Gasteiger partial charge is 0.134 e. The van der Waals surface area contributed by atoms with Crippen LogP contribution in [0.2, 0.25) is 0 Å². The Kier molecular flexibility index (Phi) is 5.39. The van der Waals surface area contributed by atoms with Gasteiger partial charge in [-0.2, -0.15) is 0 Å². The summed E-state index contributed by atoms with van der Waals surface area (Å²) < 4.78 is 0. The molecular formula is C14H25N5. The molecule has 5 heteroatoms. The summed E-state index contributed by atoms with van der Waals surface area (Å²) in [5, 5.41) is 6.68. The van der Waals surface area contributed by atoms with E-state index in [9.17, 15) is 0 Å². The number of rotatable bonds is 6. The topological polar surface area (TPSA) is 53.1 Å². The molecule has 1 saturated heterocycles. The maximum atomic E-state index is 4.32. The molecule has 19 heavy (non-hydrogen) atoms. The highest BCUT2D eigenvalue weighted by Gasteiger charge is 2.10. The van der Waals surface area contributed by atoms with E-state index < -0.39 is 0 Å². The fourth-order valence-electron chi connectivity index (χ4n) is 2.49. The molecule has 0 atom stereocenters. The lowest BCUT2D eigenvalue weighted by atomic mass is 10.1. The van der Waals surface area contributed by atoms with E-state index in [0.29, 0.717) is 0 Å². The summed E-state index contributed by atoms with van der Waals surface area (Å²) in [6.07, 6.45) is 5.70. The summed E-state index contributed by atoms with van der Waals surface area (Å²) in [5.41, 5.74) is 1.10. The lowest BCUT2D eigenvalue weighted by Gasteiger charge is -2.26. The molecule has 2 heterocycles. The quantitative estimate of drug-likeness (QED) is 0.823. The van der Waals surface area contributed by atoms with E-state index in [2.05, 4.69) is 39.3 Å². The van der Waals surface area contributed by atoms with Crippen molar-refractivity contribution in [3.05, 3.63) is 11.9 Å². The number of piperidine rings is 1. The lowest BCUT2D eigenvalue weighted by molar-refractivity contribution is 0.237. The molecule has 0 aliphatic carbocycles. The summed E-state index contributed by atoms with van der Waals surface area (Å²) in [5.74, 6) is 1.88. The van der Waals surface area contributed by atoms with Crippen LogP contribution in [0, 0.1) is 6.92 Å². The molecule has 1 aromatic heterocycles. The monoisotopic (exact) mass is 263 g/mol. The third kappa shape index (κ3) is 4.06. The van der Waals surface area contributed by atoms with E-state index in [1.165, 1.54) is 32.4 Å². The molecule has 1 aliphatic rings. The van der Waals surface area contributed by atoms with Gasteiger partial charge in [-0.15, -0.1) is 0 Å². The molecule has 5 nitrogen and oxygen atoms in total. The summed E-state index contributed by atoms with van der Waals surface area (Å²) in [6.45, 7) is 9.54. The van der Waals surface area contributed by atoms with Gasteiger partial charge < -0.3 is 15.5 Å². The minimum Gasteiger partial charge on any atom is -0.370 e. The van der Waals surface area contributed by atoms with Gasteiger partial charge in [0.25, 0.3) is 0 Å². The number of nitrogens with one attached hydrogen (secondary N) is 2. The van der Waals surface area contributed by atoms with Crippen LogP contribution in [0.5, 0.6) is 0 Å². The minimum absolute atomic E-state index is 0.880. The van der Waals surface area contributed by atoms with Gasteiger partial charge in [0.05, 0.1) is 0 Å². The molecule has 0 aromatic carbocycles. The molecule has 1 aromatic rings. The molecule has 2 rings (SSSR count). The second kappa shape index (κ2) is 7.28. The Bertz CT molecular complexity index is 387. The largest absolute Gasteiger partial charge is 0.370 e. The summed E-state index contributed by atoms with van der Waals surface area (Å²) in [7, 11) is 0. The number of anilines is 2. The van der Waals surface area contributed by atoms with Gasteiger partial charge in [-0.1, -0.05) is 6.42 Å². The first-order valence-corrected chi connectivity index (χ1v) is 7.33. The average molecular weight is 263 g/mol. The summed E-state index contributed by atoms with van der Waals surface area (Å²) >= 11 is 0. The van der Waals surface area contributed by atoms with Crippen molar-refractivity contribution in [2.75, 3.05) is 43.4 Å². The zero-order chi connectivity index (χ0) is 13.5. The van der Waals surface area contributed by atoms with Gasteiger partial charge in [-0.3, -0.25) is 0 Å². The third-order valence-corrected chi connectivity index (χ3v) is 3.60. The van der Waals surface area contributed by atoms with Gasteiger partial charge in [0.15, 0.2) is 0 Å². The molecule has 2 N–H and O–H groups in total. The Morgan fingerprint density at radius 2 is 1.79 bits per heavy atom. The molecule has 1 fully saturated rings. The summed E-state index contributed by atoms with van der Waals surface area (Å²) in [4.78, 5) is 11.1. The molecule has 0 spiro atoms. The minimum atomic E-state index is 0.880. The van der Waals surface area contributed by atoms with Crippen molar-refractivity contribution in [2.24, 2.45) is 0 Å². The Labute approximate surface area is 115 Å². The molecule has 0 unspecified atom stereocenters. The van der Waals surface area contributed by atoms with Gasteiger partial charge in [0.1, 0.15) is 18.0 Å². The number of nitrogens with zero attached hydrogens (tertiary/aromatic N) is 3. The molecule has 1 aliphatic heterocycles. The Morgan fingerprint density at radius 3 is 2.47 bits per heavy atom. The Hall–Kier alpha value is -1.36. The van der Waals surface area contributed by atoms with Crippen LogP contribution in [0.25, 0.3) is 0 Å². The van der Waals surface area contributed by atoms with Gasteiger partial charge in [0, 0.05) is 25.2 Å². The second-order valence-corrected chi connectivity index (χ2v) is 5.06. The van der Waals surface area contributed by atoms with Crippen LogP contribution in [0.15, 0.2) is 6.33 Å². The molecule has 106 valence electrons. The van der Waals surface area contributed by atoms with Crippen molar-refractivity contribution in [3.8, 4) is 0 Å². The molecular weight excluding hydrogens is 238 g/mol. The van der Waals surface area contributed by atoms with E-state index in [1.54, 1.807) is 6.33 Å². The predicted molar refractivity (Wildman–Crippen MR) is 79.7 cm³/mol. The first-order chi connectivity index (χ1) is 9.31. The van der Waals surface area contributed by atoms with Crippen LogP contribution < -0.4 is 10.6 Å². The molecule has 0 bridgehead atoms. The van der Waals surface area contributed by atoms with Crippen LogP contribution in [0.4, 0.5) is 11.6 Å². The standard InChI is InChI=1S/C14H25N5/c1-3-15-13-12(2)14(18-11-17-13)16-7-10-19-8-5-4-6-9-19/h11H,3-10H2,1-2H3,(H2,15,16,17,18). The van der Waals surface area contributed by atoms with Gasteiger partial charge in [0.2, 0.25) is 0 Å². The SMILES string of the molecule is CCNc1ncnc(NCCN2CCCCC2)c1C. The third-order valence-electron chi connectivity index (χ3n) is 3.60. The zero-order valence-corrected chi connectivity index (χ0v) is 12.1. The van der Waals surface area contributed by atoms with Crippen molar-refractivity contribution in [1.82, 2.24) is 14.9 Å². The first kappa shape index (κ1) is 14.1. The summed E-state index contributed by atoms with van der Waals surface area (Å²) in [6, 6.07) is 0. The van der Waals surface area contributed by atoms with Crippen molar-refractivity contribution in [3.63, 3.8) is 0 Å². The fourth-order valence-corrected chi connectivity index (χ4v) is 2.49. The molecule has 0 radical (unpaired) electrons. The molecule has 0 saturated carbocycles. The van der Waals surface area contributed by atoms with Crippen LogP contribution in [0.1, 0.15) is 31.7 Å². The highest BCUT2D eigenvalue weighted by Crippen LogP contribution is 2.17. The Morgan fingerprint density at radius 1 is 1.11 bits per heavy atom. The van der Waals surface area contributed by atoms with E-state index in [-0.39, 0.29) is 0 Å². The van der Waals surface area contributed by atoms with Crippen molar-refractivity contribution in [1.29, 1.82) is 0 Å². The number of hydrogen-bond acceptors (Lipinski definition) is 5. The van der Waals surface area contributed by atoms with Crippen LogP contribution in [-0.2, 0) is 0 Å². The average Bonchev–Trinajstić information content (AvgIpc) is 2.44. The van der Waals surface area contributed by atoms with Gasteiger partial charge in [-0.25, -0.2) is 9.97 Å². The zero-order valence-electron chi connectivity index (χ0n) is 12.1. The fraction of sp³-hybridized carbons (Fsp3) is 0.714. The van der Waals surface area contributed by atoms with Crippen LogP contribution in [0.3, 0.4) is 0 Å². The number of aromatic nitrogens is 2. The van der Waals surface area contributed by atoms with E-state index in [0.717, 1.165) is 36.8 Å². The van der Waals surface area contributed by atoms with Crippen molar-refractivity contribution in [2.45, 2.75) is 33.1 Å². The number of hydrogen-bond donors (Lipinski definition) is 2. The van der Waals surface area contributed by atoms with E-state index in [4.69, 9.17) is 0 Å². The highest BCUT2D eigenvalue weighted by atomic mass is 15.2. The van der Waals surface area contributed by atoms with Crippen LogP contribution >= 0.6 is 0 Å². The van der Waals surface area contributed by atoms with Gasteiger partial charge >= 0.3 is 0 Å².